The monoisotopic (exact) mass is 1300 g/mol. The summed E-state index contributed by atoms with van der Waals surface area (Å²) in [5.41, 5.74) is 0. The average Bonchev–Trinajstić information content (AvgIpc) is 0.913. The summed E-state index contributed by atoms with van der Waals surface area (Å²) >= 11 is 0. The number of unbranched alkanes of at least 4 members (excludes halogenated alkanes) is 54. The number of aliphatic hydroxyl groups is 7. The van der Waals surface area contributed by atoms with E-state index in [9.17, 15) is 40.5 Å². The van der Waals surface area contributed by atoms with E-state index < -0.39 is 74.2 Å². The van der Waals surface area contributed by atoms with E-state index in [4.69, 9.17) is 9.47 Å². The number of nitrogens with one attached hydrogen (secondary N) is 1. The Balaban J connectivity index is 2.15. The fourth-order valence-electron chi connectivity index (χ4n) is 13.2. The molecule has 544 valence electrons. The fourth-order valence-corrected chi connectivity index (χ4v) is 13.2. The molecule has 1 aliphatic rings. The van der Waals surface area contributed by atoms with Crippen molar-refractivity contribution in [2.45, 2.75) is 461 Å². The first-order valence-corrected chi connectivity index (χ1v) is 40.4. The molecule has 1 amide bonds. The molecule has 1 aliphatic heterocycles. The molecule has 1 fully saturated rings. The predicted octanol–water partition coefficient (Wildman–Crippen LogP) is 20.9. The Morgan fingerprint density at radius 3 is 0.967 bits per heavy atom. The molecular formula is C81H155NO10. The third-order valence-electron chi connectivity index (χ3n) is 19.6. The van der Waals surface area contributed by atoms with Crippen molar-refractivity contribution in [3.63, 3.8) is 0 Å². The average molecular weight is 1300 g/mol. The lowest BCUT2D eigenvalue weighted by atomic mass is 9.98. The fraction of sp³-hybridized carbons (Fsp3) is 0.914. The summed E-state index contributed by atoms with van der Waals surface area (Å²) in [6.07, 6.45) is 79.9. The van der Waals surface area contributed by atoms with Crippen LogP contribution >= 0.6 is 0 Å². The van der Waals surface area contributed by atoms with Gasteiger partial charge in [-0.25, -0.2) is 0 Å². The second-order valence-corrected chi connectivity index (χ2v) is 28.5. The zero-order chi connectivity index (χ0) is 66.7. The maximum absolute atomic E-state index is 13.3. The number of hydrogen-bond donors (Lipinski definition) is 8. The first kappa shape index (κ1) is 88.3. The molecule has 0 spiro atoms. The van der Waals surface area contributed by atoms with Gasteiger partial charge < -0.3 is 50.5 Å². The van der Waals surface area contributed by atoms with Gasteiger partial charge in [0, 0.05) is 0 Å². The maximum atomic E-state index is 13.3. The Bertz CT molecular complexity index is 1590. The summed E-state index contributed by atoms with van der Waals surface area (Å²) in [6.45, 7) is 3.51. The van der Waals surface area contributed by atoms with Crippen molar-refractivity contribution in [3.05, 3.63) is 36.5 Å². The van der Waals surface area contributed by atoms with Crippen LogP contribution in [0, 0.1) is 0 Å². The molecule has 9 atom stereocenters. The molecule has 11 heteroatoms. The summed E-state index contributed by atoms with van der Waals surface area (Å²) in [4.78, 5) is 13.3. The zero-order valence-electron chi connectivity index (χ0n) is 60.6. The van der Waals surface area contributed by atoms with Gasteiger partial charge in [0.1, 0.15) is 36.6 Å². The van der Waals surface area contributed by atoms with Gasteiger partial charge in [-0.3, -0.25) is 4.79 Å². The van der Waals surface area contributed by atoms with Crippen molar-refractivity contribution in [1.29, 1.82) is 0 Å². The van der Waals surface area contributed by atoms with E-state index in [2.05, 4.69) is 55.6 Å². The van der Waals surface area contributed by atoms with Crippen LogP contribution in [0.2, 0.25) is 0 Å². The molecule has 0 aromatic carbocycles. The first-order chi connectivity index (χ1) is 45.2. The molecule has 92 heavy (non-hydrogen) atoms. The van der Waals surface area contributed by atoms with Gasteiger partial charge >= 0.3 is 0 Å². The van der Waals surface area contributed by atoms with Gasteiger partial charge in [0.05, 0.1) is 25.4 Å². The smallest absolute Gasteiger partial charge is 0.249 e. The summed E-state index contributed by atoms with van der Waals surface area (Å²) in [6, 6.07) is -1.19. The lowest BCUT2D eigenvalue weighted by molar-refractivity contribution is -0.303. The molecule has 0 bridgehead atoms. The number of rotatable bonds is 72. The van der Waals surface area contributed by atoms with Crippen LogP contribution in [-0.4, -0.2) is 110 Å². The molecule has 0 aromatic heterocycles. The van der Waals surface area contributed by atoms with Gasteiger partial charge in [-0.15, -0.1) is 0 Å². The van der Waals surface area contributed by atoms with Gasteiger partial charge in [0.2, 0.25) is 5.91 Å². The zero-order valence-corrected chi connectivity index (χ0v) is 60.6. The van der Waals surface area contributed by atoms with E-state index in [0.29, 0.717) is 19.3 Å². The number of ether oxygens (including phenoxy) is 2. The molecule has 0 aliphatic carbocycles. The first-order valence-electron chi connectivity index (χ1n) is 40.4. The molecular weight excluding hydrogens is 1150 g/mol. The summed E-state index contributed by atoms with van der Waals surface area (Å²) in [5, 5.41) is 76.7. The number of carbonyl (C=O) groups excluding carboxylic acids is 1. The molecule has 1 saturated heterocycles. The van der Waals surface area contributed by atoms with Crippen LogP contribution in [0.15, 0.2) is 36.5 Å². The van der Waals surface area contributed by atoms with E-state index in [-0.39, 0.29) is 12.8 Å². The Morgan fingerprint density at radius 2 is 0.652 bits per heavy atom. The summed E-state index contributed by atoms with van der Waals surface area (Å²) in [7, 11) is 0. The van der Waals surface area contributed by atoms with E-state index in [1.54, 1.807) is 0 Å². The molecule has 0 aromatic rings. The third kappa shape index (κ3) is 55.3. The van der Waals surface area contributed by atoms with Crippen molar-refractivity contribution in [2.75, 3.05) is 13.2 Å². The largest absolute Gasteiger partial charge is 0.394 e. The highest BCUT2D eigenvalue weighted by Crippen LogP contribution is 2.24. The summed E-state index contributed by atoms with van der Waals surface area (Å²) in [5.74, 6) is -0.703. The molecule has 1 heterocycles. The van der Waals surface area contributed by atoms with Crippen LogP contribution in [0.3, 0.4) is 0 Å². The van der Waals surface area contributed by atoms with Gasteiger partial charge in [-0.1, -0.05) is 365 Å². The molecule has 1 rings (SSSR count). The van der Waals surface area contributed by atoms with Crippen molar-refractivity contribution in [1.82, 2.24) is 5.32 Å². The van der Waals surface area contributed by atoms with E-state index in [0.717, 1.165) is 38.5 Å². The SMILES string of the molecule is CCCCCCCCCCCCCCCC/C=C\CCCCCCCCCCCCCCCCCCC(O)C(=O)NC(COC1OC(CO)C(O)C(O)C1O)C(O)C(O)CCC/C=C/CC/C=C/CCCCCCCCCCCCCCCCCCCCCCCC. The van der Waals surface area contributed by atoms with E-state index in [1.165, 1.54) is 321 Å². The van der Waals surface area contributed by atoms with Crippen LogP contribution in [0.1, 0.15) is 406 Å². The number of hydrogen-bond acceptors (Lipinski definition) is 10. The Morgan fingerprint density at radius 1 is 0.370 bits per heavy atom. The van der Waals surface area contributed by atoms with Crippen LogP contribution < -0.4 is 5.32 Å². The Kier molecular flexibility index (Phi) is 66.5. The standard InChI is InChI=1S/C81H155NO10/c1-3-5-7-9-11-13-15-17-19-21-23-25-27-29-31-33-35-36-37-39-41-43-45-47-49-51-53-55-57-59-61-63-65-67-69-74(85)80(90)82-72(71-91-81-79(89)78(88)77(87)75(70-83)92-81)76(86)73(84)68-66-64-62-60-58-56-54-52-50-48-46-44-42-40-38-34-32-30-28-26-24-22-20-18-16-14-12-10-8-6-4-2/h33,35,52,54,60,62,72-79,81,83-89H,3-32,34,36-51,53,55-59,61,63-71H2,1-2H3,(H,82,90)/b35-33-,54-52+,62-60+. The van der Waals surface area contributed by atoms with Gasteiger partial charge in [0.25, 0.3) is 0 Å². The van der Waals surface area contributed by atoms with Crippen LogP contribution in [0.25, 0.3) is 0 Å². The van der Waals surface area contributed by atoms with E-state index >= 15 is 0 Å². The predicted molar refractivity (Wildman–Crippen MR) is 390 cm³/mol. The summed E-state index contributed by atoms with van der Waals surface area (Å²) < 4.78 is 11.2. The Hall–Kier alpha value is -1.67. The quantitative estimate of drug-likeness (QED) is 0.0215. The van der Waals surface area contributed by atoms with Crippen LogP contribution in [0.4, 0.5) is 0 Å². The number of carbonyl (C=O) groups is 1. The minimum atomic E-state index is -1.67. The van der Waals surface area contributed by atoms with Gasteiger partial charge in [0.15, 0.2) is 6.29 Å². The highest BCUT2D eigenvalue weighted by atomic mass is 16.7. The van der Waals surface area contributed by atoms with Gasteiger partial charge in [-0.05, 0) is 77.0 Å². The molecule has 9 unspecified atom stereocenters. The number of allylic oxidation sites excluding steroid dienone is 6. The minimum Gasteiger partial charge on any atom is -0.394 e. The van der Waals surface area contributed by atoms with Crippen molar-refractivity contribution >= 4 is 5.91 Å². The highest BCUT2D eigenvalue weighted by molar-refractivity contribution is 5.80. The Labute approximate surface area is 568 Å². The third-order valence-corrected chi connectivity index (χ3v) is 19.6. The van der Waals surface area contributed by atoms with Crippen molar-refractivity contribution in [2.24, 2.45) is 0 Å². The normalized spacial score (nSPS) is 18.5. The topological polar surface area (TPSA) is 189 Å². The number of aliphatic hydroxyl groups excluding tert-OH is 7. The van der Waals surface area contributed by atoms with Gasteiger partial charge in [-0.2, -0.15) is 0 Å². The second kappa shape index (κ2) is 69.2. The lowest BCUT2D eigenvalue weighted by Crippen LogP contribution is -2.60. The lowest BCUT2D eigenvalue weighted by Gasteiger charge is -2.40. The maximum Gasteiger partial charge on any atom is 0.249 e. The molecule has 11 nitrogen and oxygen atoms in total. The molecule has 0 saturated carbocycles. The highest BCUT2D eigenvalue weighted by Gasteiger charge is 2.44. The molecule has 8 N–H and O–H groups in total. The van der Waals surface area contributed by atoms with Crippen molar-refractivity contribution in [3.8, 4) is 0 Å². The molecule has 0 radical (unpaired) electrons. The minimum absolute atomic E-state index is 0.248. The van der Waals surface area contributed by atoms with E-state index in [1.807, 2.05) is 0 Å². The van der Waals surface area contributed by atoms with Crippen LogP contribution in [0.5, 0.6) is 0 Å². The van der Waals surface area contributed by atoms with Crippen molar-refractivity contribution < 1.29 is 50.0 Å². The second-order valence-electron chi connectivity index (χ2n) is 28.5. The van der Waals surface area contributed by atoms with Crippen LogP contribution in [-0.2, 0) is 14.3 Å². The number of amides is 1.